The van der Waals surface area contributed by atoms with E-state index in [1.807, 2.05) is 26.2 Å². The van der Waals surface area contributed by atoms with Gasteiger partial charge in [0.15, 0.2) is 0 Å². The van der Waals surface area contributed by atoms with Gasteiger partial charge in [-0.2, -0.15) is 0 Å². The highest BCUT2D eigenvalue weighted by atomic mass is 15.1. The molecule has 0 aromatic carbocycles. The van der Waals surface area contributed by atoms with Gasteiger partial charge >= 0.3 is 0 Å². The van der Waals surface area contributed by atoms with Crippen LogP contribution in [0.4, 0.5) is 0 Å². The van der Waals surface area contributed by atoms with Gasteiger partial charge in [0.05, 0.1) is 0 Å². The Morgan fingerprint density at radius 3 is 2.60 bits per heavy atom. The molecule has 0 bridgehead atoms. The first kappa shape index (κ1) is 14.7. The Morgan fingerprint density at radius 2 is 2.00 bits per heavy atom. The fourth-order valence-electron chi connectivity index (χ4n) is 2.35. The monoisotopic (exact) mass is 272 g/mol. The van der Waals surface area contributed by atoms with E-state index in [-0.39, 0.29) is 0 Å². The summed E-state index contributed by atoms with van der Waals surface area (Å²) in [7, 11) is 0. The summed E-state index contributed by atoms with van der Waals surface area (Å²) in [6.45, 7) is 12.5. The Hall–Kier alpha value is -1.68. The molecule has 0 aliphatic heterocycles. The second kappa shape index (κ2) is 6.18. The Kier molecular flexibility index (Phi) is 4.55. The largest absolute Gasteiger partial charge is 0.312 e. The highest BCUT2D eigenvalue weighted by Gasteiger charge is 2.12. The third-order valence-electron chi connectivity index (χ3n) is 3.36. The summed E-state index contributed by atoms with van der Waals surface area (Å²) < 4.78 is 2.06. The third kappa shape index (κ3) is 3.25. The van der Waals surface area contributed by atoms with Crippen LogP contribution in [0, 0.1) is 26.7 Å². The third-order valence-corrected chi connectivity index (χ3v) is 3.36. The van der Waals surface area contributed by atoms with Gasteiger partial charge in [-0.15, -0.1) is 0 Å². The quantitative estimate of drug-likeness (QED) is 0.910. The number of pyridine rings is 1. The summed E-state index contributed by atoms with van der Waals surface area (Å²) in [6, 6.07) is 2.14. The van der Waals surface area contributed by atoms with E-state index >= 15 is 0 Å². The normalized spacial score (nSPS) is 11.3. The lowest BCUT2D eigenvalue weighted by Gasteiger charge is -2.16. The molecule has 108 valence electrons. The van der Waals surface area contributed by atoms with Crippen molar-refractivity contribution in [3.8, 4) is 5.82 Å². The van der Waals surface area contributed by atoms with Crippen LogP contribution in [0.1, 0.15) is 36.5 Å². The standard InChI is InChI=1S/C16H24N4/c1-11(2)9-17-10-15-12(3)8-13(4)19-16(15)20-7-6-18-14(20)5/h6-8,11,17H,9-10H2,1-5H3. The van der Waals surface area contributed by atoms with Gasteiger partial charge in [0.1, 0.15) is 11.6 Å². The Bertz CT molecular complexity index is 584. The van der Waals surface area contributed by atoms with E-state index in [0.717, 1.165) is 30.4 Å². The van der Waals surface area contributed by atoms with Crippen LogP contribution in [0.25, 0.3) is 5.82 Å². The van der Waals surface area contributed by atoms with E-state index in [1.165, 1.54) is 11.1 Å². The molecule has 2 aromatic heterocycles. The minimum atomic E-state index is 0.646. The minimum absolute atomic E-state index is 0.646. The molecule has 0 aliphatic carbocycles. The molecule has 4 heteroatoms. The van der Waals surface area contributed by atoms with E-state index in [1.54, 1.807) is 0 Å². The van der Waals surface area contributed by atoms with Crippen molar-refractivity contribution in [2.75, 3.05) is 6.54 Å². The number of imidazole rings is 1. The molecular formula is C16H24N4. The Labute approximate surface area is 121 Å². The second-order valence-corrected chi connectivity index (χ2v) is 5.75. The SMILES string of the molecule is Cc1cc(C)c(CNCC(C)C)c(-n2ccnc2C)n1. The summed E-state index contributed by atoms with van der Waals surface area (Å²) in [4.78, 5) is 9.02. The van der Waals surface area contributed by atoms with Gasteiger partial charge in [0, 0.05) is 30.2 Å². The maximum atomic E-state index is 4.72. The van der Waals surface area contributed by atoms with Crippen LogP contribution in [0.2, 0.25) is 0 Å². The van der Waals surface area contributed by atoms with Crippen LogP contribution in [0.15, 0.2) is 18.5 Å². The molecule has 4 nitrogen and oxygen atoms in total. The molecule has 0 unspecified atom stereocenters. The zero-order chi connectivity index (χ0) is 14.7. The predicted molar refractivity (Wildman–Crippen MR) is 82.1 cm³/mol. The van der Waals surface area contributed by atoms with Crippen molar-refractivity contribution in [3.63, 3.8) is 0 Å². The van der Waals surface area contributed by atoms with Gasteiger partial charge in [-0.05, 0) is 44.9 Å². The number of aromatic nitrogens is 3. The predicted octanol–water partition coefficient (Wildman–Crippen LogP) is 2.94. The molecule has 0 saturated carbocycles. The van der Waals surface area contributed by atoms with E-state index in [0.29, 0.717) is 5.92 Å². The van der Waals surface area contributed by atoms with Crippen LogP contribution < -0.4 is 5.32 Å². The van der Waals surface area contributed by atoms with Crippen molar-refractivity contribution in [2.24, 2.45) is 5.92 Å². The molecule has 2 rings (SSSR count). The molecule has 20 heavy (non-hydrogen) atoms. The molecule has 2 aromatic rings. The second-order valence-electron chi connectivity index (χ2n) is 5.75. The highest BCUT2D eigenvalue weighted by Crippen LogP contribution is 2.19. The van der Waals surface area contributed by atoms with Crippen molar-refractivity contribution < 1.29 is 0 Å². The average Bonchev–Trinajstić information content (AvgIpc) is 2.77. The van der Waals surface area contributed by atoms with Crippen molar-refractivity contribution in [1.82, 2.24) is 19.9 Å². The summed E-state index contributed by atoms with van der Waals surface area (Å²) >= 11 is 0. The van der Waals surface area contributed by atoms with E-state index in [4.69, 9.17) is 4.98 Å². The van der Waals surface area contributed by atoms with E-state index in [2.05, 4.69) is 41.7 Å². The number of hydrogen-bond acceptors (Lipinski definition) is 3. The van der Waals surface area contributed by atoms with Crippen molar-refractivity contribution >= 4 is 0 Å². The van der Waals surface area contributed by atoms with Gasteiger partial charge in [-0.1, -0.05) is 13.8 Å². The lowest BCUT2D eigenvalue weighted by Crippen LogP contribution is -2.21. The molecule has 0 radical (unpaired) electrons. The maximum absolute atomic E-state index is 4.72. The molecule has 1 N–H and O–H groups in total. The van der Waals surface area contributed by atoms with Gasteiger partial charge in [0.2, 0.25) is 0 Å². The van der Waals surface area contributed by atoms with Crippen LogP contribution in [0.3, 0.4) is 0 Å². The van der Waals surface area contributed by atoms with Crippen molar-refractivity contribution in [2.45, 2.75) is 41.2 Å². The molecule has 0 atom stereocenters. The highest BCUT2D eigenvalue weighted by molar-refractivity contribution is 5.42. The first-order valence-corrected chi connectivity index (χ1v) is 7.17. The topological polar surface area (TPSA) is 42.7 Å². The zero-order valence-corrected chi connectivity index (χ0v) is 13.1. The van der Waals surface area contributed by atoms with Crippen LogP contribution in [-0.2, 0) is 6.54 Å². The molecule has 0 saturated heterocycles. The number of rotatable bonds is 5. The smallest absolute Gasteiger partial charge is 0.143 e. The lowest BCUT2D eigenvalue weighted by atomic mass is 10.1. The van der Waals surface area contributed by atoms with Crippen LogP contribution in [0.5, 0.6) is 0 Å². The first-order valence-electron chi connectivity index (χ1n) is 7.17. The summed E-state index contributed by atoms with van der Waals surface area (Å²) in [5.74, 6) is 2.61. The number of aryl methyl sites for hydroxylation is 3. The van der Waals surface area contributed by atoms with Crippen LogP contribution >= 0.6 is 0 Å². The molecule has 0 spiro atoms. The van der Waals surface area contributed by atoms with E-state index in [9.17, 15) is 0 Å². The fourth-order valence-corrected chi connectivity index (χ4v) is 2.35. The minimum Gasteiger partial charge on any atom is -0.312 e. The fraction of sp³-hybridized carbons (Fsp3) is 0.500. The lowest BCUT2D eigenvalue weighted by molar-refractivity contribution is 0.550. The van der Waals surface area contributed by atoms with Crippen molar-refractivity contribution in [3.05, 3.63) is 41.1 Å². The van der Waals surface area contributed by atoms with Gasteiger partial charge in [0.25, 0.3) is 0 Å². The Balaban J connectivity index is 2.37. The van der Waals surface area contributed by atoms with E-state index < -0.39 is 0 Å². The average molecular weight is 272 g/mol. The molecule has 0 fully saturated rings. The molecule has 2 heterocycles. The molecule has 0 aliphatic rings. The number of nitrogens with zero attached hydrogens (tertiary/aromatic N) is 3. The summed E-state index contributed by atoms with van der Waals surface area (Å²) in [6.07, 6.45) is 3.79. The van der Waals surface area contributed by atoms with Gasteiger partial charge in [-0.25, -0.2) is 9.97 Å². The number of nitrogens with one attached hydrogen (secondary N) is 1. The Morgan fingerprint density at radius 1 is 1.25 bits per heavy atom. The summed E-state index contributed by atoms with van der Waals surface area (Å²) in [5, 5.41) is 3.51. The number of hydrogen-bond donors (Lipinski definition) is 1. The first-order chi connectivity index (χ1) is 9.49. The van der Waals surface area contributed by atoms with Gasteiger partial charge < -0.3 is 5.32 Å². The molecular weight excluding hydrogens is 248 g/mol. The van der Waals surface area contributed by atoms with Crippen molar-refractivity contribution in [1.29, 1.82) is 0 Å². The maximum Gasteiger partial charge on any atom is 0.143 e. The van der Waals surface area contributed by atoms with Gasteiger partial charge in [-0.3, -0.25) is 4.57 Å². The molecule has 0 amide bonds. The zero-order valence-electron chi connectivity index (χ0n) is 13.1. The van der Waals surface area contributed by atoms with Crippen LogP contribution in [-0.4, -0.2) is 21.1 Å². The summed E-state index contributed by atoms with van der Waals surface area (Å²) in [5.41, 5.74) is 3.56.